The van der Waals surface area contributed by atoms with Crippen LogP contribution in [0.5, 0.6) is 0 Å². The highest BCUT2D eigenvalue weighted by atomic mass is 19.1. The summed E-state index contributed by atoms with van der Waals surface area (Å²) in [6.07, 6.45) is 1.06. The monoisotopic (exact) mass is 252 g/mol. The Morgan fingerprint density at radius 1 is 1.26 bits per heavy atom. The maximum absolute atomic E-state index is 13.0. The first-order chi connectivity index (χ1) is 9.28. The fourth-order valence-electron chi connectivity index (χ4n) is 2.54. The summed E-state index contributed by atoms with van der Waals surface area (Å²) in [7, 11) is 0. The summed E-state index contributed by atoms with van der Waals surface area (Å²) in [5, 5.41) is 12.2. The van der Waals surface area contributed by atoms with Gasteiger partial charge in [0.15, 0.2) is 0 Å². The number of nitrogens with one attached hydrogen (secondary N) is 1. The topological polar surface area (TPSA) is 35.8 Å². The van der Waals surface area contributed by atoms with Crippen LogP contribution in [0.2, 0.25) is 0 Å². The first-order valence-corrected chi connectivity index (χ1v) is 6.29. The molecule has 3 heteroatoms. The van der Waals surface area contributed by atoms with Gasteiger partial charge in [-0.2, -0.15) is 5.26 Å². The molecule has 3 rings (SSSR count). The zero-order chi connectivity index (χ0) is 13.2. The van der Waals surface area contributed by atoms with Gasteiger partial charge in [-0.1, -0.05) is 24.3 Å². The molecule has 0 aliphatic heterocycles. The second-order valence-electron chi connectivity index (χ2n) is 4.78. The van der Waals surface area contributed by atoms with E-state index in [2.05, 4.69) is 23.5 Å². The third-order valence-electron chi connectivity index (χ3n) is 3.60. The molecule has 0 saturated heterocycles. The smallest absolute Gasteiger partial charge is 0.124 e. The van der Waals surface area contributed by atoms with Crippen molar-refractivity contribution in [1.82, 2.24) is 0 Å². The van der Waals surface area contributed by atoms with Crippen LogP contribution in [0, 0.1) is 17.1 Å². The lowest BCUT2D eigenvalue weighted by Crippen LogP contribution is -2.24. The molecule has 2 aromatic rings. The van der Waals surface area contributed by atoms with E-state index in [1.165, 1.54) is 23.3 Å². The molecular weight excluding hydrogens is 239 g/mol. The summed E-state index contributed by atoms with van der Waals surface area (Å²) in [4.78, 5) is 0. The molecule has 0 saturated carbocycles. The van der Waals surface area contributed by atoms with Gasteiger partial charge in [0, 0.05) is 12.5 Å². The number of halogens is 1. The van der Waals surface area contributed by atoms with Crippen molar-refractivity contribution < 1.29 is 4.39 Å². The van der Waals surface area contributed by atoms with E-state index in [1.54, 1.807) is 6.07 Å². The number of benzene rings is 2. The van der Waals surface area contributed by atoms with Crippen molar-refractivity contribution in [2.75, 3.05) is 11.9 Å². The molecule has 2 nitrogen and oxygen atoms in total. The first-order valence-electron chi connectivity index (χ1n) is 6.29. The number of nitrogens with zero attached hydrogens (tertiary/aromatic N) is 1. The van der Waals surface area contributed by atoms with Crippen molar-refractivity contribution in [2.24, 2.45) is 0 Å². The van der Waals surface area contributed by atoms with Crippen LogP contribution in [-0.4, -0.2) is 6.54 Å². The summed E-state index contributed by atoms with van der Waals surface area (Å²) in [5.74, 6) is 0.101. The molecule has 2 aromatic carbocycles. The molecule has 0 heterocycles. The number of nitriles is 1. The van der Waals surface area contributed by atoms with E-state index in [4.69, 9.17) is 5.26 Å². The van der Waals surface area contributed by atoms with Crippen LogP contribution < -0.4 is 5.32 Å². The Bertz CT molecular complexity index is 658. The molecule has 0 amide bonds. The van der Waals surface area contributed by atoms with E-state index in [0.717, 1.165) is 13.0 Å². The summed E-state index contributed by atoms with van der Waals surface area (Å²) >= 11 is 0. The van der Waals surface area contributed by atoms with Crippen LogP contribution in [0.15, 0.2) is 42.5 Å². The number of hydrogen-bond donors (Lipinski definition) is 1. The van der Waals surface area contributed by atoms with Crippen molar-refractivity contribution in [2.45, 2.75) is 12.3 Å². The SMILES string of the molecule is N#Cc1cc(F)ccc1NCC1Cc2ccccc21. The fraction of sp³-hybridized carbons (Fsp3) is 0.188. The second-order valence-corrected chi connectivity index (χ2v) is 4.78. The zero-order valence-electron chi connectivity index (χ0n) is 10.4. The highest BCUT2D eigenvalue weighted by molar-refractivity contribution is 5.58. The lowest BCUT2D eigenvalue weighted by atomic mass is 9.77. The van der Waals surface area contributed by atoms with Gasteiger partial charge >= 0.3 is 0 Å². The molecule has 1 N–H and O–H groups in total. The maximum Gasteiger partial charge on any atom is 0.124 e. The quantitative estimate of drug-likeness (QED) is 0.908. The Morgan fingerprint density at radius 3 is 2.89 bits per heavy atom. The number of anilines is 1. The number of fused-ring (bicyclic) bond motifs is 1. The van der Waals surface area contributed by atoms with Crippen LogP contribution in [-0.2, 0) is 6.42 Å². The molecule has 1 unspecified atom stereocenters. The molecule has 94 valence electrons. The van der Waals surface area contributed by atoms with Gasteiger partial charge in [0.05, 0.1) is 11.3 Å². The Kier molecular flexibility index (Phi) is 2.92. The van der Waals surface area contributed by atoms with Crippen molar-refractivity contribution in [1.29, 1.82) is 5.26 Å². The average molecular weight is 252 g/mol. The lowest BCUT2D eigenvalue weighted by Gasteiger charge is -2.30. The molecule has 0 aromatic heterocycles. The normalized spacial score (nSPS) is 16.1. The van der Waals surface area contributed by atoms with Gasteiger partial charge in [-0.15, -0.1) is 0 Å². The third-order valence-corrected chi connectivity index (χ3v) is 3.60. The maximum atomic E-state index is 13.0. The first kappa shape index (κ1) is 11.7. The van der Waals surface area contributed by atoms with Crippen molar-refractivity contribution in [3.8, 4) is 6.07 Å². The Balaban J connectivity index is 1.70. The zero-order valence-corrected chi connectivity index (χ0v) is 10.4. The molecular formula is C16H13FN2. The Labute approximate surface area is 111 Å². The van der Waals surface area contributed by atoms with Gasteiger partial charge < -0.3 is 5.32 Å². The van der Waals surface area contributed by atoms with Gasteiger partial charge in [0.1, 0.15) is 11.9 Å². The number of hydrogen-bond acceptors (Lipinski definition) is 2. The predicted octanol–water partition coefficient (Wildman–Crippen LogP) is 3.45. The molecule has 0 radical (unpaired) electrons. The van der Waals surface area contributed by atoms with Gasteiger partial charge in [0.25, 0.3) is 0 Å². The van der Waals surface area contributed by atoms with Crippen LogP contribution in [0.4, 0.5) is 10.1 Å². The van der Waals surface area contributed by atoms with E-state index in [-0.39, 0.29) is 5.82 Å². The lowest BCUT2D eigenvalue weighted by molar-refractivity contribution is 0.625. The fourth-order valence-corrected chi connectivity index (χ4v) is 2.54. The highest BCUT2D eigenvalue weighted by Crippen LogP contribution is 2.34. The van der Waals surface area contributed by atoms with Crippen LogP contribution >= 0.6 is 0 Å². The Morgan fingerprint density at radius 2 is 2.11 bits per heavy atom. The summed E-state index contributed by atoms with van der Waals surface area (Å²) in [6.45, 7) is 0.775. The van der Waals surface area contributed by atoms with E-state index in [0.29, 0.717) is 17.2 Å². The minimum Gasteiger partial charge on any atom is -0.383 e. The minimum absolute atomic E-state index is 0.354. The molecule has 1 aliphatic carbocycles. The standard InChI is InChI=1S/C16H13FN2/c17-14-5-6-16(12(8-14)9-18)19-10-13-7-11-3-1-2-4-15(11)13/h1-6,8,13,19H,7,10H2. The van der Waals surface area contributed by atoms with E-state index >= 15 is 0 Å². The minimum atomic E-state index is -0.379. The molecule has 0 bridgehead atoms. The largest absolute Gasteiger partial charge is 0.383 e. The van der Waals surface area contributed by atoms with Crippen LogP contribution in [0.1, 0.15) is 22.6 Å². The molecule has 1 atom stereocenters. The Hall–Kier alpha value is -2.34. The summed E-state index contributed by atoms with van der Waals surface area (Å²) < 4.78 is 13.0. The predicted molar refractivity (Wildman–Crippen MR) is 72.5 cm³/mol. The second kappa shape index (κ2) is 4.74. The summed E-state index contributed by atoms with van der Waals surface area (Å²) in [5.41, 5.74) is 3.82. The number of rotatable bonds is 3. The van der Waals surface area contributed by atoms with Crippen LogP contribution in [0.25, 0.3) is 0 Å². The molecule has 0 spiro atoms. The molecule has 1 aliphatic rings. The van der Waals surface area contributed by atoms with Crippen molar-refractivity contribution in [3.05, 3.63) is 65.0 Å². The summed E-state index contributed by atoms with van der Waals surface area (Å²) in [6, 6.07) is 14.7. The van der Waals surface area contributed by atoms with Crippen LogP contribution in [0.3, 0.4) is 0 Å². The van der Waals surface area contributed by atoms with Gasteiger partial charge in [-0.25, -0.2) is 4.39 Å². The molecule has 19 heavy (non-hydrogen) atoms. The molecule has 0 fully saturated rings. The van der Waals surface area contributed by atoms with Gasteiger partial charge in [0.2, 0.25) is 0 Å². The van der Waals surface area contributed by atoms with E-state index < -0.39 is 0 Å². The third kappa shape index (κ3) is 2.17. The van der Waals surface area contributed by atoms with Crippen molar-refractivity contribution >= 4 is 5.69 Å². The van der Waals surface area contributed by atoms with Gasteiger partial charge in [-0.05, 0) is 35.7 Å². The van der Waals surface area contributed by atoms with Gasteiger partial charge in [-0.3, -0.25) is 0 Å². The van der Waals surface area contributed by atoms with Crippen molar-refractivity contribution in [3.63, 3.8) is 0 Å². The van der Waals surface area contributed by atoms with E-state index in [9.17, 15) is 4.39 Å². The van der Waals surface area contributed by atoms with E-state index in [1.807, 2.05) is 12.1 Å². The highest BCUT2D eigenvalue weighted by Gasteiger charge is 2.25. The average Bonchev–Trinajstić information content (AvgIpc) is 2.41.